The second kappa shape index (κ2) is 4.85. The van der Waals surface area contributed by atoms with Crippen molar-refractivity contribution in [2.45, 2.75) is 45.2 Å². The van der Waals surface area contributed by atoms with Crippen LogP contribution in [0.3, 0.4) is 0 Å². The Balaban J connectivity index is 2.08. The van der Waals surface area contributed by atoms with Gasteiger partial charge in [-0.1, -0.05) is 12.5 Å². The van der Waals surface area contributed by atoms with Crippen molar-refractivity contribution in [3.8, 4) is 0 Å². The van der Waals surface area contributed by atoms with E-state index in [0.717, 1.165) is 18.5 Å². The van der Waals surface area contributed by atoms with Crippen molar-refractivity contribution >= 4 is 11.1 Å². The molecule has 1 aromatic carbocycles. The summed E-state index contributed by atoms with van der Waals surface area (Å²) in [5.41, 5.74) is 2.84. The fourth-order valence-corrected chi connectivity index (χ4v) is 2.89. The van der Waals surface area contributed by atoms with Crippen LogP contribution >= 0.6 is 0 Å². The first kappa shape index (κ1) is 12.5. The molecule has 0 saturated carbocycles. The van der Waals surface area contributed by atoms with Gasteiger partial charge in [-0.3, -0.25) is 4.57 Å². The summed E-state index contributed by atoms with van der Waals surface area (Å²) in [7, 11) is 0. The maximum absolute atomic E-state index is 11.8. The fourth-order valence-electron chi connectivity index (χ4n) is 2.89. The van der Waals surface area contributed by atoms with Crippen molar-refractivity contribution in [1.82, 2.24) is 9.88 Å². The third-order valence-corrected chi connectivity index (χ3v) is 3.87. The number of rotatable bonds is 2. The van der Waals surface area contributed by atoms with Crippen molar-refractivity contribution in [1.29, 1.82) is 0 Å². The second-order valence-electron chi connectivity index (χ2n) is 5.56. The first-order valence-corrected chi connectivity index (χ1v) is 7.05. The third-order valence-electron chi connectivity index (χ3n) is 3.87. The minimum absolute atomic E-state index is 0.114. The van der Waals surface area contributed by atoms with Crippen molar-refractivity contribution in [3.05, 3.63) is 34.3 Å². The molecule has 1 saturated heterocycles. The van der Waals surface area contributed by atoms with E-state index >= 15 is 0 Å². The van der Waals surface area contributed by atoms with Gasteiger partial charge in [-0.15, -0.1) is 0 Å². The Morgan fingerprint density at radius 2 is 2.21 bits per heavy atom. The van der Waals surface area contributed by atoms with Crippen LogP contribution in [0.1, 0.15) is 50.8 Å². The highest BCUT2D eigenvalue weighted by Gasteiger charge is 2.18. The van der Waals surface area contributed by atoms with Crippen LogP contribution in [-0.4, -0.2) is 11.1 Å². The highest BCUT2D eigenvalue weighted by atomic mass is 16.4. The lowest BCUT2D eigenvalue weighted by Gasteiger charge is -2.23. The van der Waals surface area contributed by atoms with Gasteiger partial charge >= 0.3 is 5.76 Å². The number of nitrogens with zero attached hydrogens (tertiary/aromatic N) is 1. The van der Waals surface area contributed by atoms with Gasteiger partial charge in [0.25, 0.3) is 0 Å². The van der Waals surface area contributed by atoms with Crippen LogP contribution in [0.5, 0.6) is 0 Å². The van der Waals surface area contributed by atoms with Gasteiger partial charge in [0.15, 0.2) is 5.58 Å². The average Bonchev–Trinajstić information content (AvgIpc) is 2.74. The molecule has 1 atom stereocenters. The van der Waals surface area contributed by atoms with Crippen molar-refractivity contribution in [3.63, 3.8) is 0 Å². The van der Waals surface area contributed by atoms with E-state index in [-0.39, 0.29) is 11.8 Å². The Hall–Kier alpha value is -1.55. The second-order valence-corrected chi connectivity index (χ2v) is 5.56. The SMILES string of the molecule is CC(C)n1c(=O)oc2ccc(C3CCCCN3)cc21. The maximum atomic E-state index is 11.8. The fraction of sp³-hybridized carbons (Fsp3) is 0.533. The highest BCUT2D eigenvalue weighted by Crippen LogP contribution is 2.26. The average molecular weight is 260 g/mol. The summed E-state index contributed by atoms with van der Waals surface area (Å²) >= 11 is 0. The molecule has 1 aliphatic rings. The van der Waals surface area contributed by atoms with E-state index < -0.39 is 0 Å². The summed E-state index contributed by atoms with van der Waals surface area (Å²) in [6.07, 6.45) is 3.68. The van der Waals surface area contributed by atoms with E-state index in [2.05, 4.69) is 17.4 Å². The molecule has 19 heavy (non-hydrogen) atoms. The van der Waals surface area contributed by atoms with E-state index in [9.17, 15) is 4.79 Å². The summed E-state index contributed by atoms with van der Waals surface area (Å²) in [5.74, 6) is -0.265. The predicted molar refractivity (Wildman–Crippen MR) is 75.5 cm³/mol. The topological polar surface area (TPSA) is 47.2 Å². The number of piperidine rings is 1. The Morgan fingerprint density at radius 3 is 2.89 bits per heavy atom. The summed E-state index contributed by atoms with van der Waals surface area (Å²) in [6.45, 7) is 5.08. The molecule has 0 aliphatic carbocycles. The lowest BCUT2D eigenvalue weighted by Crippen LogP contribution is -2.26. The van der Waals surface area contributed by atoms with Gasteiger partial charge in [0, 0.05) is 12.1 Å². The lowest BCUT2D eigenvalue weighted by atomic mass is 9.97. The molecule has 1 aliphatic heterocycles. The molecule has 2 aromatic rings. The first-order chi connectivity index (χ1) is 9.16. The van der Waals surface area contributed by atoms with Crippen molar-refractivity contribution < 1.29 is 4.42 Å². The number of nitrogens with one attached hydrogen (secondary N) is 1. The van der Waals surface area contributed by atoms with Crippen molar-refractivity contribution in [2.24, 2.45) is 0 Å². The minimum Gasteiger partial charge on any atom is -0.408 e. The van der Waals surface area contributed by atoms with Crippen LogP contribution in [0.25, 0.3) is 11.1 Å². The summed E-state index contributed by atoms with van der Waals surface area (Å²) in [5, 5.41) is 3.54. The molecule has 2 heterocycles. The van der Waals surface area contributed by atoms with E-state index in [1.807, 2.05) is 19.9 Å². The third kappa shape index (κ3) is 2.21. The van der Waals surface area contributed by atoms with Gasteiger partial charge in [-0.2, -0.15) is 0 Å². The molecule has 1 fully saturated rings. The standard InChI is InChI=1S/C15H20N2O2/c1-10(2)17-13-9-11(12-5-3-4-8-16-12)6-7-14(13)19-15(17)18/h6-7,9-10,12,16H,3-5,8H2,1-2H3. The predicted octanol–water partition coefficient (Wildman–Crippen LogP) is 2.99. The van der Waals surface area contributed by atoms with Crippen LogP contribution in [0, 0.1) is 0 Å². The number of hydrogen-bond donors (Lipinski definition) is 1. The first-order valence-electron chi connectivity index (χ1n) is 7.05. The molecule has 3 rings (SSSR count). The molecule has 0 spiro atoms. The van der Waals surface area contributed by atoms with E-state index in [1.54, 1.807) is 4.57 Å². The Kier molecular flexibility index (Phi) is 3.19. The van der Waals surface area contributed by atoms with Crippen molar-refractivity contribution in [2.75, 3.05) is 6.54 Å². The number of aromatic nitrogens is 1. The Bertz CT molecular complexity index is 633. The molecule has 1 aromatic heterocycles. The zero-order chi connectivity index (χ0) is 13.4. The highest BCUT2D eigenvalue weighted by molar-refractivity contribution is 5.74. The molecule has 0 radical (unpaired) electrons. The molecular formula is C15H20N2O2. The zero-order valence-corrected chi connectivity index (χ0v) is 11.5. The maximum Gasteiger partial charge on any atom is 0.420 e. The van der Waals surface area contributed by atoms with Crippen LogP contribution in [0.2, 0.25) is 0 Å². The van der Waals surface area contributed by atoms with E-state index in [0.29, 0.717) is 11.6 Å². The molecule has 1 unspecified atom stereocenters. The molecular weight excluding hydrogens is 240 g/mol. The van der Waals surface area contributed by atoms with Gasteiger partial charge in [0.05, 0.1) is 5.52 Å². The molecule has 0 bridgehead atoms. The lowest BCUT2D eigenvalue weighted by molar-refractivity contribution is 0.412. The molecule has 0 amide bonds. The quantitative estimate of drug-likeness (QED) is 0.903. The summed E-state index contributed by atoms with van der Waals surface area (Å²) in [6, 6.07) is 6.61. The molecule has 4 nitrogen and oxygen atoms in total. The van der Waals surface area contributed by atoms with Crippen LogP contribution < -0.4 is 11.1 Å². The van der Waals surface area contributed by atoms with Crippen LogP contribution in [-0.2, 0) is 0 Å². The molecule has 1 N–H and O–H groups in total. The Labute approximate surface area is 112 Å². The largest absolute Gasteiger partial charge is 0.420 e. The van der Waals surface area contributed by atoms with Gasteiger partial charge in [-0.05, 0) is 50.9 Å². The van der Waals surface area contributed by atoms with Gasteiger partial charge in [0.2, 0.25) is 0 Å². The number of hydrogen-bond acceptors (Lipinski definition) is 3. The molecule has 102 valence electrons. The minimum atomic E-state index is -0.265. The van der Waals surface area contributed by atoms with E-state index in [4.69, 9.17) is 4.42 Å². The van der Waals surface area contributed by atoms with Gasteiger partial charge in [-0.25, -0.2) is 4.79 Å². The normalized spacial score (nSPS) is 20.3. The monoisotopic (exact) mass is 260 g/mol. The summed E-state index contributed by atoms with van der Waals surface area (Å²) in [4.78, 5) is 11.8. The number of oxazole rings is 1. The Morgan fingerprint density at radius 1 is 1.37 bits per heavy atom. The van der Waals surface area contributed by atoms with Crippen LogP contribution in [0.15, 0.2) is 27.4 Å². The van der Waals surface area contributed by atoms with Gasteiger partial charge in [0.1, 0.15) is 0 Å². The van der Waals surface area contributed by atoms with Crippen LogP contribution in [0.4, 0.5) is 0 Å². The van der Waals surface area contributed by atoms with Gasteiger partial charge < -0.3 is 9.73 Å². The number of fused-ring (bicyclic) bond motifs is 1. The smallest absolute Gasteiger partial charge is 0.408 e. The number of benzene rings is 1. The van der Waals surface area contributed by atoms with E-state index in [1.165, 1.54) is 18.4 Å². The molecule has 4 heteroatoms. The zero-order valence-electron chi connectivity index (χ0n) is 11.5. The summed E-state index contributed by atoms with van der Waals surface area (Å²) < 4.78 is 7.01.